The van der Waals surface area contributed by atoms with Gasteiger partial charge in [0.25, 0.3) is 0 Å². The van der Waals surface area contributed by atoms with E-state index in [0.29, 0.717) is 0 Å². The quantitative estimate of drug-likeness (QED) is 0.358. The summed E-state index contributed by atoms with van der Waals surface area (Å²) in [4.78, 5) is 21.5. The second-order valence-electron chi connectivity index (χ2n) is 2.85. The highest BCUT2D eigenvalue weighted by Gasteiger charge is 2.45. The number of fused-ring (bicyclic) bond motifs is 1. The molecule has 0 aromatic heterocycles. The van der Waals surface area contributed by atoms with Crippen molar-refractivity contribution in [2.24, 2.45) is 5.92 Å². The molecule has 1 aliphatic carbocycles. The third-order valence-electron chi connectivity index (χ3n) is 2.25. The molecule has 2 fully saturated rings. The summed E-state index contributed by atoms with van der Waals surface area (Å²) in [5.41, 5.74) is 0. The number of rotatable bonds is 0. The molecule has 1 saturated carbocycles. The molecule has 0 bridgehead atoms. The minimum atomic E-state index is -0.616. The van der Waals surface area contributed by atoms with Gasteiger partial charge in [-0.1, -0.05) is 0 Å². The average Bonchev–Trinajstić information content (AvgIpc) is 2.41. The molecule has 1 saturated heterocycles. The lowest BCUT2D eigenvalue weighted by molar-refractivity contribution is -0.149. The van der Waals surface area contributed by atoms with Crippen LogP contribution in [0.4, 0.5) is 0 Å². The monoisotopic (exact) mass is 140 g/mol. The van der Waals surface area contributed by atoms with E-state index in [9.17, 15) is 9.59 Å². The zero-order valence-corrected chi connectivity index (χ0v) is 5.50. The Hall–Kier alpha value is -0.860. The highest BCUT2D eigenvalue weighted by Crippen LogP contribution is 2.33. The van der Waals surface area contributed by atoms with Gasteiger partial charge in [-0.25, -0.2) is 4.79 Å². The first-order valence-corrected chi connectivity index (χ1v) is 3.54. The largest absolute Gasteiger partial charge is 0.456 e. The van der Waals surface area contributed by atoms with E-state index in [1.54, 1.807) is 0 Å². The van der Waals surface area contributed by atoms with Gasteiger partial charge < -0.3 is 4.74 Å². The van der Waals surface area contributed by atoms with Gasteiger partial charge in [-0.3, -0.25) is 4.79 Å². The van der Waals surface area contributed by atoms with Crippen LogP contribution in [0.3, 0.4) is 0 Å². The van der Waals surface area contributed by atoms with Gasteiger partial charge >= 0.3 is 5.97 Å². The van der Waals surface area contributed by atoms with Crippen LogP contribution in [0.25, 0.3) is 0 Å². The molecule has 2 rings (SSSR count). The Labute approximate surface area is 58.4 Å². The molecule has 0 aromatic carbocycles. The number of Topliss-reactive ketones (excluding diaryl/α,β-unsaturated/α-hetero) is 1. The first-order valence-electron chi connectivity index (χ1n) is 3.54. The Balaban J connectivity index is 2.24. The topological polar surface area (TPSA) is 43.4 Å². The summed E-state index contributed by atoms with van der Waals surface area (Å²) in [5, 5.41) is 0. The number of carbonyl (C=O) groups is 2. The fourth-order valence-electron chi connectivity index (χ4n) is 1.71. The first kappa shape index (κ1) is 5.89. The number of esters is 1. The number of carbonyl (C=O) groups excluding carboxylic acids is 2. The summed E-state index contributed by atoms with van der Waals surface area (Å²) < 4.78 is 4.81. The lowest BCUT2D eigenvalue weighted by atomic mass is 10.0. The smallest absolute Gasteiger partial charge is 0.375 e. The molecule has 0 aromatic rings. The lowest BCUT2D eigenvalue weighted by Gasteiger charge is -2.01. The summed E-state index contributed by atoms with van der Waals surface area (Å²) in [7, 11) is 0. The summed E-state index contributed by atoms with van der Waals surface area (Å²) >= 11 is 0. The summed E-state index contributed by atoms with van der Waals surface area (Å²) in [6.45, 7) is 0. The highest BCUT2D eigenvalue weighted by atomic mass is 16.6. The standard InChI is InChI=1S/C7H8O3/c8-6-4-2-1-3-5(4)10-7(6)9/h4-5H,1-3H2. The predicted octanol–water partition coefficient (Wildman–Crippen LogP) is 0.281. The maximum absolute atomic E-state index is 10.9. The van der Waals surface area contributed by atoms with Crippen LogP contribution in [0.5, 0.6) is 0 Å². The van der Waals surface area contributed by atoms with Crippen LogP contribution in [-0.4, -0.2) is 17.9 Å². The third kappa shape index (κ3) is 0.602. The van der Waals surface area contributed by atoms with Crippen LogP contribution >= 0.6 is 0 Å². The Morgan fingerprint density at radius 3 is 2.80 bits per heavy atom. The van der Waals surface area contributed by atoms with E-state index in [1.165, 1.54) is 0 Å². The molecule has 1 heterocycles. The van der Waals surface area contributed by atoms with Crippen molar-refractivity contribution in [2.45, 2.75) is 25.4 Å². The van der Waals surface area contributed by atoms with Gasteiger partial charge in [0.1, 0.15) is 6.10 Å². The summed E-state index contributed by atoms with van der Waals surface area (Å²) in [5.74, 6) is -1.01. The second kappa shape index (κ2) is 1.81. The van der Waals surface area contributed by atoms with E-state index < -0.39 is 5.97 Å². The van der Waals surface area contributed by atoms with Crippen LogP contribution < -0.4 is 0 Å². The molecule has 0 spiro atoms. The molecule has 0 amide bonds. The number of ketones is 1. The SMILES string of the molecule is O=C1OC2CCCC2C1=O. The van der Waals surface area contributed by atoms with Crippen LogP contribution in [0.1, 0.15) is 19.3 Å². The molecule has 0 radical (unpaired) electrons. The Morgan fingerprint density at radius 2 is 2.10 bits per heavy atom. The number of hydrogen-bond acceptors (Lipinski definition) is 3. The van der Waals surface area contributed by atoms with E-state index >= 15 is 0 Å². The van der Waals surface area contributed by atoms with Gasteiger partial charge in [0, 0.05) is 0 Å². The van der Waals surface area contributed by atoms with Gasteiger partial charge in [-0.15, -0.1) is 0 Å². The zero-order chi connectivity index (χ0) is 7.14. The molecule has 10 heavy (non-hydrogen) atoms. The Kier molecular flexibility index (Phi) is 1.07. The molecular formula is C7H8O3. The maximum atomic E-state index is 10.9. The summed E-state index contributed by atoms with van der Waals surface area (Å²) in [6, 6.07) is 0. The van der Waals surface area contributed by atoms with Crippen molar-refractivity contribution in [2.75, 3.05) is 0 Å². The van der Waals surface area contributed by atoms with E-state index in [1.807, 2.05) is 0 Å². The van der Waals surface area contributed by atoms with E-state index in [4.69, 9.17) is 4.74 Å². The van der Waals surface area contributed by atoms with Crippen molar-refractivity contribution in [1.29, 1.82) is 0 Å². The van der Waals surface area contributed by atoms with Gasteiger partial charge in [0.05, 0.1) is 5.92 Å². The van der Waals surface area contributed by atoms with Gasteiger partial charge in [-0.2, -0.15) is 0 Å². The third-order valence-corrected chi connectivity index (χ3v) is 2.25. The lowest BCUT2D eigenvalue weighted by Crippen LogP contribution is -2.14. The van der Waals surface area contributed by atoms with Gasteiger partial charge in [-0.05, 0) is 19.3 Å². The van der Waals surface area contributed by atoms with Gasteiger partial charge in [0.2, 0.25) is 5.78 Å². The highest BCUT2D eigenvalue weighted by molar-refractivity contribution is 6.36. The fraction of sp³-hybridized carbons (Fsp3) is 0.714. The maximum Gasteiger partial charge on any atom is 0.375 e. The van der Waals surface area contributed by atoms with Crippen molar-refractivity contribution in [3.8, 4) is 0 Å². The van der Waals surface area contributed by atoms with Crippen LogP contribution in [-0.2, 0) is 14.3 Å². The molecule has 3 heteroatoms. The Bertz CT molecular complexity index is 197. The van der Waals surface area contributed by atoms with Crippen molar-refractivity contribution in [1.82, 2.24) is 0 Å². The second-order valence-corrected chi connectivity index (χ2v) is 2.85. The van der Waals surface area contributed by atoms with E-state index in [0.717, 1.165) is 19.3 Å². The first-order chi connectivity index (χ1) is 4.79. The fourth-order valence-corrected chi connectivity index (χ4v) is 1.71. The predicted molar refractivity (Wildman–Crippen MR) is 32.2 cm³/mol. The van der Waals surface area contributed by atoms with E-state index in [2.05, 4.69) is 0 Å². The minimum absolute atomic E-state index is 0.0694. The molecule has 0 N–H and O–H groups in total. The molecule has 2 aliphatic rings. The number of hydrogen-bond donors (Lipinski definition) is 0. The average molecular weight is 140 g/mol. The van der Waals surface area contributed by atoms with Crippen LogP contribution in [0, 0.1) is 5.92 Å². The van der Waals surface area contributed by atoms with Crippen molar-refractivity contribution >= 4 is 11.8 Å². The van der Waals surface area contributed by atoms with Crippen molar-refractivity contribution < 1.29 is 14.3 Å². The minimum Gasteiger partial charge on any atom is -0.456 e. The van der Waals surface area contributed by atoms with Crippen LogP contribution in [0.15, 0.2) is 0 Å². The molecule has 2 unspecified atom stereocenters. The molecular weight excluding hydrogens is 132 g/mol. The normalized spacial score (nSPS) is 38.0. The van der Waals surface area contributed by atoms with E-state index in [-0.39, 0.29) is 17.8 Å². The van der Waals surface area contributed by atoms with Crippen molar-refractivity contribution in [3.05, 3.63) is 0 Å². The molecule has 54 valence electrons. The van der Waals surface area contributed by atoms with Crippen LogP contribution in [0.2, 0.25) is 0 Å². The van der Waals surface area contributed by atoms with Gasteiger partial charge in [0.15, 0.2) is 0 Å². The Morgan fingerprint density at radius 1 is 1.30 bits per heavy atom. The molecule has 3 nitrogen and oxygen atoms in total. The van der Waals surface area contributed by atoms with Crippen molar-refractivity contribution in [3.63, 3.8) is 0 Å². The summed E-state index contributed by atoms with van der Waals surface area (Å²) in [6.07, 6.45) is 2.67. The molecule has 2 atom stereocenters. The number of ether oxygens (including phenoxy) is 1. The molecule has 1 aliphatic heterocycles. The zero-order valence-electron chi connectivity index (χ0n) is 5.50.